The van der Waals surface area contributed by atoms with Gasteiger partial charge in [0.1, 0.15) is 5.60 Å². The van der Waals surface area contributed by atoms with Gasteiger partial charge in [-0.2, -0.15) is 0 Å². The second-order valence-corrected chi connectivity index (χ2v) is 3.85. The molecule has 3 heteroatoms. The van der Waals surface area contributed by atoms with Gasteiger partial charge in [-0.1, -0.05) is 13.8 Å². The van der Waals surface area contributed by atoms with Crippen molar-refractivity contribution in [2.24, 2.45) is 11.7 Å². The Balaban J connectivity index is 4.34. The van der Waals surface area contributed by atoms with Crippen molar-refractivity contribution in [1.29, 1.82) is 0 Å². The van der Waals surface area contributed by atoms with Crippen LogP contribution in [0, 0.1) is 18.3 Å². The lowest BCUT2D eigenvalue weighted by Gasteiger charge is -2.28. The highest BCUT2D eigenvalue weighted by molar-refractivity contribution is 5.65. The van der Waals surface area contributed by atoms with E-state index in [9.17, 15) is 4.79 Å². The lowest BCUT2D eigenvalue weighted by Crippen LogP contribution is -2.35. The molecule has 0 aliphatic heterocycles. The molecule has 0 heterocycles. The minimum absolute atomic E-state index is 0.397. The average molecular weight is 183 g/mol. The first kappa shape index (κ1) is 11.8. The summed E-state index contributed by atoms with van der Waals surface area (Å²) >= 11 is 0. The summed E-state index contributed by atoms with van der Waals surface area (Å²) in [5, 5.41) is 0. The molecule has 0 rings (SSSR count). The summed E-state index contributed by atoms with van der Waals surface area (Å²) in [4.78, 5) is 10.6. The van der Waals surface area contributed by atoms with Crippen LogP contribution in [0.4, 0.5) is 4.79 Å². The minimum Gasteiger partial charge on any atom is -0.442 e. The maximum atomic E-state index is 10.6. The molecule has 0 saturated carbocycles. The summed E-state index contributed by atoms with van der Waals surface area (Å²) in [6, 6.07) is 0. The van der Waals surface area contributed by atoms with Crippen LogP contribution in [0.3, 0.4) is 0 Å². The predicted molar refractivity (Wildman–Crippen MR) is 52.0 cm³/mol. The normalized spacial score (nSPS) is 14.7. The van der Waals surface area contributed by atoms with E-state index < -0.39 is 11.7 Å². The number of rotatable bonds is 4. The van der Waals surface area contributed by atoms with Gasteiger partial charge in [-0.05, 0) is 19.3 Å². The van der Waals surface area contributed by atoms with E-state index in [2.05, 4.69) is 5.92 Å². The maximum Gasteiger partial charge on any atom is 0.405 e. The highest BCUT2D eigenvalue weighted by Gasteiger charge is 2.27. The molecule has 74 valence electrons. The van der Waals surface area contributed by atoms with Crippen molar-refractivity contribution >= 4 is 6.09 Å². The second-order valence-electron chi connectivity index (χ2n) is 3.85. The molecule has 0 aliphatic rings. The lowest BCUT2D eigenvalue weighted by molar-refractivity contribution is 0.0193. The van der Waals surface area contributed by atoms with Gasteiger partial charge in [-0.25, -0.2) is 4.79 Å². The van der Waals surface area contributed by atoms with Crippen LogP contribution in [-0.4, -0.2) is 11.7 Å². The second kappa shape index (κ2) is 4.76. The van der Waals surface area contributed by atoms with Gasteiger partial charge in [0.15, 0.2) is 0 Å². The van der Waals surface area contributed by atoms with E-state index >= 15 is 0 Å². The zero-order valence-electron chi connectivity index (χ0n) is 8.46. The number of primary amides is 1. The maximum absolute atomic E-state index is 10.6. The number of amides is 1. The van der Waals surface area contributed by atoms with Crippen LogP contribution >= 0.6 is 0 Å². The Bertz CT molecular complexity index is 217. The van der Waals surface area contributed by atoms with Crippen molar-refractivity contribution in [2.45, 2.75) is 39.2 Å². The molecule has 0 spiro atoms. The van der Waals surface area contributed by atoms with Crippen molar-refractivity contribution in [2.75, 3.05) is 0 Å². The van der Waals surface area contributed by atoms with Crippen molar-refractivity contribution in [1.82, 2.24) is 0 Å². The molecule has 0 aromatic rings. The molecule has 0 aromatic carbocycles. The van der Waals surface area contributed by atoms with Crippen LogP contribution in [0.25, 0.3) is 0 Å². The third kappa shape index (κ3) is 5.13. The average Bonchev–Trinajstić information content (AvgIpc) is 1.81. The van der Waals surface area contributed by atoms with Crippen LogP contribution in [0.15, 0.2) is 0 Å². The highest BCUT2D eigenvalue weighted by atomic mass is 16.6. The fourth-order valence-corrected chi connectivity index (χ4v) is 1.47. The van der Waals surface area contributed by atoms with E-state index in [1.807, 2.05) is 13.8 Å². The predicted octanol–water partition coefficient (Wildman–Crippen LogP) is 1.91. The Morgan fingerprint density at radius 3 is 2.54 bits per heavy atom. The first-order chi connectivity index (χ1) is 5.89. The molecule has 2 N–H and O–H groups in total. The summed E-state index contributed by atoms with van der Waals surface area (Å²) in [6.45, 7) is 5.88. The number of carbonyl (C=O) groups excluding carboxylic acids is 1. The largest absolute Gasteiger partial charge is 0.442 e. The molecular weight excluding hydrogens is 166 g/mol. The van der Waals surface area contributed by atoms with Gasteiger partial charge < -0.3 is 10.5 Å². The van der Waals surface area contributed by atoms with E-state index in [0.29, 0.717) is 12.3 Å². The van der Waals surface area contributed by atoms with Crippen LogP contribution in [0.1, 0.15) is 33.6 Å². The van der Waals surface area contributed by atoms with Crippen LogP contribution in [-0.2, 0) is 4.74 Å². The van der Waals surface area contributed by atoms with Gasteiger partial charge in [-0.3, -0.25) is 0 Å². The number of terminal acetylenes is 1. The zero-order valence-corrected chi connectivity index (χ0v) is 8.46. The summed E-state index contributed by atoms with van der Waals surface area (Å²) < 4.78 is 4.99. The summed E-state index contributed by atoms with van der Waals surface area (Å²) in [5.41, 5.74) is 4.34. The third-order valence-corrected chi connectivity index (χ3v) is 1.66. The monoisotopic (exact) mass is 183 g/mol. The van der Waals surface area contributed by atoms with Gasteiger partial charge in [0.25, 0.3) is 0 Å². The van der Waals surface area contributed by atoms with Crippen LogP contribution in [0.5, 0.6) is 0 Å². The quantitative estimate of drug-likeness (QED) is 0.677. The number of hydrogen-bond donors (Lipinski definition) is 1. The molecule has 0 radical (unpaired) electrons. The Kier molecular flexibility index (Phi) is 4.33. The Morgan fingerprint density at radius 1 is 1.69 bits per heavy atom. The third-order valence-electron chi connectivity index (χ3n) is 1.66. The molecule has 0 aliphatic carbocycles. The van der Waals surface area contributed by atoms with E-state index in [1.165, 1.54) is 0 Å². The number of nitrogens with two attached hydrogens (primary N) is 1. The lowest BCUT2D eigenvalue weighted by atomic mass is 9.91. The van der Waals surface area contributed by atoms with E-state index in [1.54, 1.807) is 6.92 Å². The number of carbonyl (C=O) groups is 1. The smallest absolute Gasteiger partial charge is 0.405 e. The molecule has 1 amide bonds. The van der Waals surface area contributed by atoms with Gasteiger partial charge >= 0.3 is 6.09 Å². The molecule has 0 saturated heterocycles. The molecular formula is C10H17NO2. The first-order valence-corrected chi connectivity index (χ1v) is 4.31. The van der Waals surface area contributed by atoms with E-state index in [0.717, 1.165) is 6.42 Å². The minimum atomic E-state index is -0.765. The summed E-state index contributed by atoms with van der Waals surface area (Å²) in [6.07, 6.45) is 5.54. The summed E-state index contributed by atoms with van der Waals surface area (Å²) in [5.74, 6) is 2.90. The van der Waals surface area contributed by atoms with Crippen LogP contribution in [0.2, 0.25) is 0 Å². The van der Waals surface area contributed by atoms with E-state index in [-0.39, 0.29) is 0 Å². The Hall–Kier alpha value is -1.17. The number of hydrogen-bond acceptors (Lipinski definition) is 2. The zero-order chi connectivity index (χ0) is 10.5. The molecule has 1 atom stereocenters. The van der Waals surface area contributed by atoms with Gasteiger partial charge in [0, 0.05) is 6.42 Å². The molecule has 3 nitrogen and oxygen atoms in total. The fraction of sp³-hybridized carbons (Fsp3) is 0.700. The topological polar surface area (TPSA) is 52.3 Å². The first-order valence-electron chi connectivity index (χ1n) is 4.31. The van der Waals surface area contributed by atoms with Gasteiger partial charge in [-0.15, -0.1) is 12.3 Å². The van der Waals surface area contributed by atoms with Gasteiger partial charge in [0.2, 0.25) is 0 Å². The molecule has 13 heavy (non-hydrogen) atoms. The Morgan fingerprint density at radius 2 is 2.23 bits per heavy atom. The number of ether oxygens (including phenoxy) is 1. The van der Waals surface area contributed by atoms with E-state index in [4.69, 9.17) is 16.9 Å². The van der Waals surface area contributed by atoms with Crippen molar-refractivity contribution in [3.05, 3.63) is 0 Å². The van der Waals surface area contributed by atoms with Crippen molar-refractivity contribution < 1.29 is 9.53 Å². The van der Waals surface area contributed by atoms with Crippen molar-refractivity contribution in [3.8, 4) is 12.3 Å². The van der Waals surface area contributed by atoms with Crippen LogP contribution < -0.4 is 5.73 Å². The summed E-state index contributed by atoms with van der Waals surface area (Å²) in [7, 11) is 0. The fourth-order valence-electron chi connectivity index (χ4n) is 1.47. The highest BCUT2D eigenvalue weighted by Crippen LogP contribution is 2.24. The van der Waals surface area contributed by atoms with Gasteiger partial charge in [0.05, 0.1) is 0 Å². The standard InChI is InChI=1S/C10H17NO2/c1-5-6-10(4,7-8(2)3)13-9(11)12/h1,8H,6-7H2,2-4H3,(H2,11,12). The SMILES string of the molecule is C#CCC(C)(CC(C)C)OC(N)=O. The molecule has 0 bridgehead atoms. The molecule has 1 unspecified atom stereocenters. The molecule has 0 aromatic heterocycles. The van der Waals surface area contributed by atoms with Crippen molar-refractivity contribution in [3.63, 3.8) is 0 Å². The molecule has 0 fully saturated rings. The Labute approximate surface area is 79.6 Å².